The molecule has 0 spiro atoms. The lowest BCUT2D eigenvalue weighted by atomic mass is 10.0. The maximum atomic E-state index is 12.3. The van der Waals surface area contributed by atoms with E-state index in [-0.39, 0.29) is 31.5 Å². The SMILES string of the molecule is CC(C)c1ccc(-c2noc(COC(=O)c3ccc(CN4C(=O)CNC4=O)cc3)n2)cc1. The predicted octanol–water partition coefficient (Wildman–Crippen LogP) is 3.27. The highest BCUT2D eigenvalue weighted by atomic mass is 16.6. The van der Waals surface area contributed by atoms with E-state index >= 15 is 0 Å². The summed E-state index contributed by atoms with van der Waals surface area (Å²) in [6.45, 7) is 4.24. The van der Waals surface area contributed by atoms with Crippen molar-refractivity contribution < 1.29 is 23.6 Å². The van der Waals surface area contributed by atoms with Crippen LogP contribution in [-0.4, -0.2) is 39.5 Å². The van der Waals surface area contributed by atoms with Gasteiger partial charge in [-0.3, -0.25) is 9.69 Å². The Hall–Kier alpha value is -4.01. The van der Waals surface area contributed by atoms with Crippen molar-refractivity contribution in [2.24, 2.45) is 0 Å². The number of urea groups is 1. The molecular formula is C23H22N4O5. The van der Waals surface area contributed by atoms with Crippen LogP contribution in [0.1, 0.15) is 47.1 Å². The van der Waals surface area contributed by atoms with E-state index in [9.17, 15) is 14.4 Å². The van der Waals surface area contributed by atoms with Crippen molar-refractivity contribution in [2.75, 3.05) is 6.54 Å². The third-order valence-corrected chi connectivity index (χ3v) is 5.10. The van der Waals surface area contributed by atoms with E-state index < -0.39 is 12.0 Å². The maximum absolute atomic E-state index is 12.3. The van der Waals surface area contributed by atoms with Gasteiger partial charge in [0.2, 0.25) is 11.7 Å². The molecule has 2 heterocycles. The van der Waals surface area contributed by atoms with Gasteiger partial charge in [0.15, 0.2) is 6.61 Å². The van der Waals surface area contributed by atoms with Gasteiger partial charge >= 0.3 is 12.0 Å². The first-order valence-corrected chi connectivity index (χ1v) is 10.2. The van der Waals surface area contributed by atoms with Crippen LogP contribution in [-0.2, 0) is 22.7 Å². The second kappa shape index (κ2) is 9.01. The molecule has 1 fully saturated rings. The minimum absolute atomic E-state index is 0.00385. The Balaban J connectivity index is 1.33. The van der Waals surface area contributed by atoms with Crippen LogP contribution < -0.4 is 5.32 Å². The van der Waals surface area contributed by atoms with Crippen LogP contribution in [0, 0.1) is 0 Å². The minimum atomic E-state index is -0.549. The van der Waals surface area contributed by atoms with Gasteiger partial charge in [-0.15, -0.1) is 0 Å². The Bertz CT molecular complexity index is 1120. The monoisotopic (exact) mass is 434 g/mol. The van der Waals surface area contributed by atoms with Crippen LogP contribution in [0.15, 0.2) is 53.1 Å². The van der Waals surface area contributed by atoms with Crippen LogP contribution in [0.3, 0.4) is 0 Å². The topological polar surface area (TPSA) is 115 Å². The van der Waals surface area contributed by atoms with Gasteiger partial charge in [-0.2, -0.15) is 4.98 Å². The fourth-order valence-electron chi connectivity index (χ4n) is 3.20. The Morgan fingerprint density at radius 2 is 1.84 bits per heavy atom. The zero-order valence-corrected chi connectivity index (χ0v) is 17.7. The van der Waals surface area contributed by atoms with Gasteiger partial charge in [-0.1, -0.05) is 55.4 Å². The highest BCUT2D eigenvalue weighted by Crippen LogP contribution is 2.21. The largest absolute Gasteiger partial charge is 0.452 e. The molecule has 0 atom stereocenters. The lowest BCUT2D eigenvalue weighted by Gasteiger charge is -2.12. The predicted molar refractivity (Wildman–Crippen MR) is 113 cm³/mol. The Morgan fingerprint density at radius 1 is 1.12 bits per heavy atom. The van der Waals surface area contributed by atoms with Gasteiger partial charge in [0.05, 0.1) is 18.7 Å². The molecule has 1 saturated heterocycles. The van der Waals surface area contributed by atoms with Crippen molar-refractivity contribution in [1.82, 2.24) is 20.4 Å². The summed E-state index contributed by atoms with van der Waals surface area (Å²) in [7, 11) is 0. The molecule has 164 valence electrons. The molecule has 2 aromatic carbocycles. The molecule has 3 aromatic rings. The summed E-state index contributed by atoms with van der Waals surface area (Å²) >= 11 is 0. The second-order valence-corrected chi connectivity index (χ2v) is 7.70. The van der Waals surface area contributed by atoms with Crippen molar-refractivity contribution in [3.63, 3.8) is 0 Å². The number of hydrogen-bond donors (Lipinski definition) is 1. The van der Waals surface area contributed by atoms with Crippen LogP contribution in [0.5, 0.6) is 0 Å². The van der Waals surface area contributed by atoms with Crippen molar-refractivity contribution in [2.45, 2.75) is 32.9 Å². The number of aromatic nitrogens is 2. The zero-order chi connectivity index (χ0) is 22.7. The first-order valence-electron chi connectivity index (χ1n) is 10.2. The molecule has 0 saturated carbocycles. The average Bonchev–Trinajstić information content (AvgIpc) is 3.40. The number of amides is 3. The number of nitrogens with one attached hydrogen (secondary N) is 1. The Kier molecular flexibility index (Phi) is 5.98. The number of nitrogens with zero attached hydrogens (tertiary/aromatic N) is 3. The maximum Gasteiger partial charge on any atom is 0.338 e. The van der Waals surface area contributed by atoms with E-state index in [0.29, 0.717) is 17.3 Å². The fourth-order valence-corrected chi connectivity index (χ4v) is 3.20. The molecule has 0 bridgehead atoms. The quantitative estimate of drug-likeness (QED) is 0.448. The molecule has 1 N–H and O–H groups in total. The lowest BCUT2D eigenvalue weighted by molar-refractivity contribution is -0.125. The summed E-state index contributed by atoms with van der Waals surface area (Å²) < 4.78 is 10.4. The molecule has 3 amide bonds. The van der Waals surface area contributed by atoms with Gasteiger partial charge in [0, 0.05) is 5.56 Å². The Morgan fingerprint density at radius 3 is 2.47 bits per heavy atom. The first kappa shape index (κ1) is 21.2. The number of imide groups is 1. The molecule has 1 aliphatic rings. The molecule has 1 aliphatic heterocycles. The van der Waals surface area contributed by atoms with E-state index in [0.717, 1.165) is 16.0 Å². The van der Waals surface area contributed by atoms with Crippen molar-refractivity contribution in [3.05, 3.63) is 71.1 Å². The highest BCUT2D eigenvalue weighted by Gasteiger charge is 2.28. The first-order chi connectivity index (χ1) is 15.4. The number of carbonyl (C=O) groups is 3. The standard InChI is InChI=1S/C23H22N4O5/c1-14(2)16-7-9-17(10-8-16)21-25-19(32-26-21)13-31-22(29)18-5-3-15(4-6-18)12-27-20(28)11-24-23(27)30/h3-10,14H,11-13H2,1-2H3,(H,24,30). The van der Waals surface area contributed by atoms with E-state index in [1.54, 1.807) is 24.3 Å². The average molecular weight is 434 g/mol. The summed E-state index contributed by atoms with van der Waals surface area (Å²) in [5.41, 5.74) is 3.08. The molecule has 9 heteroatoms. The van der Waals surface area contributed by atoms with Crippen LogP contribution in [0.2, 0.25) is 0 Å². The minimum Gasteiger partial charge on any atom is -0.452 e. The van der Waals surface area contributed by atoms with Gasteiger partial charge in [-0.25, -0.2) is 9.59 Å². The molecule has 1 aromatic heterocycles. The van der Waals surface area contributed by atoms with E-state index in [4.69, 9.17) is 9.26 Å². The highest BCUT2D eigenvalue weighted by molar-refractivity contribution is 6.01. The summed E-state index contributed by atoms with van der Waals surface area (Å²) in [6.07, 6.45) is 0. The molecule has 32 heavy (non-hydrogen) atoms. The number of ether oxygens (including phenoxy) is 1. The second-order valence-electron chi connectivity index (χ2n) is 7.70. The summed E-state index contributed by atoms with van der Waals surface area (Å²) in [6, 6.07) is 14.0. The van der Waals surface area contributed by atoms with Crippen LogP contribution >= 0.6 is 0 Å². The van der Waals surface area contributed by atoms with E-state index in [1.165, 1.54) is 5.56 Å². The lowest BCUT2D eigenvalue weighted by Crippen LogP contribution is -2.30. The smallest absolute Gasteiger partial charge is 0.338 e. The zero-order valence-electron chi connectivity index (χ0n) is 17.7. The van der Waals surface area contributed by atoms with E-state index in [2.05, 4.69) is 29.3 Å². The summed E-state index contributed by atoms with van der Waals surface area (Å²) in [4.78, 5) is 41.0. The van der Waals surface area contributed by atoms with Gasteiger partial charge in [0.1, 0.15) is 0 Å². The normalized spacial score (nSPS) is 13.5. The molecule has 9 nitrogen and oxygen atoms in total. The Labute approximate surface area is 184 Å². The molecular weight excluding hydrogens is 412 g/mol. The molecule has 0 aliphatic carbocycles. The number of benzene rings is 2. The summed E-state index contributed by atoms with van der Waals surface area (Å²) in [5, 5.41) is 6.41. The van der Waals surface area contributed by atoms with Gasteiger partial charge in [-0.05, 0) is 29.2 Å². The van der Waals surface area contributed by atoms with Crippen LogP contribution in [0.4, 0.5) is 4.79 Å². The third-order valence-electron chi connectivity index (χ3n) is 5.10. The van der Waals surface area contributed by atoms with Gasteiger partial charge in [0.25, 0.3) is 5.89 Å². The third kappa shape index (κ3) is 4.66. The molecule has 0 radical (unpaired) electrons. The number of carbonyl (C=O) groups excluding carboxylic acids is 3. The number of hydrogen-bond acceptors (Lipinski definition) is 7. The number of rotatable bonds is 7. The van der Waals surface area contributed by atoms with Crippen molar-refractivity contribution in [3.8, 4) is 11.4 Å². The fraction of sp³-hybridized carbons (Fsp3) is 0.261. The van der Waals surface area contributed by atoms with Crippen molar-refractivity contribution >= 4 is 17.9 Å². The van der Waals surface area contributed by atoms with E-state index in [1.807, 2.05) is 24.3 Å². The molecule has 0 unspecified atom stereocenters. The van der Waals surface area contributed by atoms with Crippen molar-refractivity contribution in [1.29, 1.82) is 0 Å². The van der Waals surface area contributed by atoms with Crippen LogP contribution in [0.25, 0.3) is 11.4 Å². The number of esters is 1. The molecule has 4 rings (SSSR count). The van der Waals surface area contributed by atoms with Gasteiger partial charge < -0.3 is 14.6 Å². The summed E-state index contributed by atoms with van der Waals surface area (Å²) in [5.74, 6) is 0.217.